The predicted molar refractivity (Wildman–Crippen MR) is 416 cm³/mol. The lowest BCUT2D eigenvalue weighted by molar-refractivity contribution is 0.346. The maximum absolute atomic E-state index is 3.59. The number of para-hydroxylation sites is 4. The highest BCUT2D eigenvalue weighted by Gasteiger charge is 2.37. The van der Waals surface area contributed by atoms with Gasteiger partial charge < -0.3 is 19.4 Å². The van der Waals surface area contributed by atoms with Gasteiger partial charge in [0, 0.05) is 76.7 Å². The molecule has 5 heteroatoms. The van der Waals surface area contributed by atoms with E-state index in [9.17, 15) is 0 Å². The first-order valence-corrected chi connectivity index (χ1v) is 35.5. The van der Waals surface area contributed by atoms with Crippen LogP contribution in [0.25, 0.3) is 76.5 Å². The summed E-state index contributed by atoms with van der Waals surface area (Å²) in [6.07, 6.45) is 12.9. The Morgan fingerprint density at radius 2 is 0.629 bits per heavy atom. The van der Waals surface area contributed by atoms with Crippen LogP contribution < -0.4 is 10.2 Å². The van der Waals surface area contributed by atoms with E-state index in [-0.39, 0.29) is 10.8 Å². The standard InChI is InChI=1S/C46H38N2.C28H20N2.C18H19Br/c1-4-16-36(17-5-1)46(30-12-3-13-31-46)37-23-26-39(27-24-37)47(40-25-22-34-14-8-9-15-35(34)32-40)41-28-29-45-43(33-41)42-20-10-11-21-44(42)48(45)38-18-6-2-7-19-38;1-2-10-24(11-3-1)30-27-13-7-6-12-25(27)26-19-23(16-17-28(26)30)29-22-15-14-20-8-4-5-9-21(20)18-22;19-17-11-9-16(10-12-17)18(13-5-2-6-14-18)15-7-3-1-4-8-15/h1-2,4-11,14-29,32-33H,3,12-13,30-31H2;1-19,29H;1,3-4,7-12H,2,5-6,13-14H2. The van der Waals surface area contributed by atoms with Crippen LogP contribution in [0, 0.1) is 0 Å². The third kappa shape index (κ3) is 12.1. The summed E-state index contributed by atoms with van der Waals surface area (Å²) in [6.45, 7) is 0. The Balaban J connectivity index is 0.000000127. The van der Waals surface area contributed by atoms with E-state index >= 15 is 0 Å². The van der Waals surface area contributed by atoms with Gasteiger partial charge >= 0.3 is 0 Å². The molecule has 1 N–H and O–H groups in total. The molecule has 472 valence electrons. The maximum Gasteiger partial charge on any atom is 0.0542 e. The van der Waals surface area contributed by atoms with Gasteiger partial charge in [-0.05, 0) is 191 Å². The molecular formula is C92H77BrN4. The summed E-state index contributed by atoms with van der Waals surface area (Å²) in [5.74, 6) is 0. The Bertz CT molecular complexity index is 5380. The summed E-state index contributed by atoms with van der Waals surface area (Å²) in [7, 11) is 0. The molecule has 0 saturated heterocycles. The van der Waals surface area contributed by atoms with Crippen molar-refractivity contribution in [2.24, 2.45) is 0 Å². The second-order valence-corrected chi connectivity index (χ2v) is 27.4. The Morgan fingerprint density at radius 3 is 1.16 bits per heavy atom. The van der Waals surface area contributed by atoms with Gasteiger partial charge in [-0.25, -0.2) is 0 Å². The van der Waals surface area contributed by atoms with Crippen LogP contribution in [0.2, 0.25) is 0 Å². The van der Waals surface area contributed by atoms with Gasteiger partial charge in [0.1, 0.15) is 0 Å². The first kappa shape index (κ1) is 61.2. The minimum Gasteiger partial charge on any atom is -0.355 e. The number of hydrogen-bond donors (Lipinski definition) is 1. The number of nitrogens with zero attached hydrogens (tertiary/aromatic N) is 3. The van der Waals surface area contributed by atoms with E-state index in [1.54, 1.807) is 0 Å². The summed E-state index contributed by atoms with van der Waals surface area (Å²) in [4.78, 5) is 2.43. The number of anilines is 5. The van der Waals surface area contributed by atoms with Crippen LogP contribution in [0.4, 0.5) is 28.4 Å². The van der Waals surface area contributed by atoms with Crippen molar-refractivity contribution in [2.45, 2.75) is 75.0 Å². The minimum atomic E-state index is 0.0734. The average molecular weight is 1320 g/mol. The van der Waals surface area contributed by atoms with E-state index in [0.717, 1.165) is 27.2 Å². The molecule has 0 unspecified atom stereocenters. The number of benzene rings is 14. The van der Waals surface area contributed by atoms with Crippen LogP contribution in [0.1, 0.15) is 86.5 Å². The van der Waals surface area contributed by atoms with Crippen molar-refractivity contribution in [2.75, 3.05) is 10.2 Å². The second kappa shape index (κ2) is 27.2. The van der Waals surface area contributed by atoms with Crippen molar-refractivity contribution in [3.63, 3.8) is 0 Å². The minimum absolute atomic E-state index is 0.0734. The molecule has 0 bridgehead atoms. The summed E-state index contributed by atoms with van der Waals surface area (Å²) in [5, 5.41) is 13.6. The number of rotatable bonds is 11. The van der Waals surface area contributed by atoms with Gasteiger partial charge in [-0.1, -0.05) is 273 Å². The third-order valence-electron chi connectivity index (χ3n) is 20.8. The van der Waals surface area contributed by atoms with Crippen LogP contribution in [0.5, 0.6) is 0 Å². The lowest BCUT2D eigenvalue weighted by Gasteiger charge is -2.39. The summed E-state index contributed by atoms with van der Waals surface area (Å²) in [5.41, 5.74) is 19.0. The molecular weight excluding hydrogens is 1240 g/mol. The largest absolute Gasteiger partial charge is 0.355 e. The number of aromatic nitrogens is 2. The van der Waals surface area contributed by atoms with Crippen molar-refractivity contribution >= 4 is 110 Å². The van der Waals surface area contributed by atoms with Gasteiger partial charge in [-0.2, -0.15) is 0 Å². The quantitative estimate of drug-likeness (QED) is 0.140. The van der Waals surface area contributed by atoms with E-state index in [0.29, 0.717) is 0 Å². The van der Waals surface area contributed by atoms with Gasteiger partial charge in [-0.15, -0.1) is 0 Å². The molecule has 2 heterocycles. The van der Waals surface area contributed by atoms with Gasteiger partial charge in [0.25, 0.3) is 0 Å². The summed E-state index contributed by atoms with van der Waals surface area (Å²) >= 11 is 3.54. The van der Waals surface area contributed by atoms with Gasteiger partial charge in [0.05, 0.1) is 22.1 Å². The van der Waals surface area contributed by atoms with E-state index < -0.39 is 0 Å². The Labute approximate surface area is 577 Å². The molecule has 0 atom stereocenters. The molecule has 2 aromatic heterocycles. The normalized spacial score (nSPS) is 14.2. The van der Waals surface area contributed by atoms with E-state index in [1.807, 2.05) is 0 Å². The topological polar surface area (TPSA) is 25.1 Å². The van der Waals surface area contributed by atoms with Crippen molar-refractivity contribution in [3.8, 4) is 11.4 Å². The first-order valence-electron chi connectivity index (χ1n) is 34.7. The first-order chi connectivity index (χ1) is 48.0. The fourth-order valence-electron chi connectivity index (χ4n) is 16.1. The van der Waals surface area contributed by atoms with Crippen molar-refractivity contribution in [3.05, 3.63) is 366 Å². The monoisotopic (exact) mass is 1320 g/mol. The zero-order valence-electron chi connectivity index (χ0n) is 54.6. The highest BCUT2D eigenvalue weighted by molar-refractivity contribution is 9.10. The van der Waals surface area contributed by atoms with E-state index in [1.165, 1.54) is 169 Å². The molecule has 14 aromatic carbocycles. The lowest BCUT2D eigenvalue weighted by Crippen LogP contribution is -2.30. The average Bonchev–Trinajstić information content (AvgIpc) is 1.67. The molecule has 2 aliphatic carbocycles. The molecule has 18 rings (SSSR count). The fraction of sp³-hybridized carbons (Fsp3) is 0.130. The van der Waals surface area contributed by atoms with Crippen LogP contribution in [-0.2, 0) is 10.8 Å². The molecule has 0 spiro atoms. The van der Waals surface area contributed by atoms with E-state index in [2.05, 4.69) is 375 Å². The molecule has 97 heavy (non-hydrogen) atoms. The number of halogens is 1. The van der Waals surface area contributed by atoms with Gasteiger partial charge in [0.15, 0.2) is 0 Å². The Hall–Kier alpha value is -10.7. The van der Waals surface area contributed by atoms with Crippen LogP contribution in [0.3, 0.4) is 0 Å². The van der Waals surface area contributed by atoms with Gasteiger partial charge in [-0.3, -0.25) is 0 Å². The summed E-state index contributed by atoms with van der Waals surface area (Å²) in [6, 6.07) is 123. The van der Waals surface area contributed by atoms with Crippen molar-refractivity contribution in [1.29, 1.82) is 0 Å². The molecule has 2 aliphatic rings. The number of fused-ring (bicyclic) bond motifs is 8. The van der Waals surface area contributed by atoms with Crippen LogP contribution in [-0.4, -0.2) is 9.13 Å². The number of nitrogens with one attached hydrogen (secondary N) is 1. The third-order valence-corrected chi connectivity index (χ3v) is 21.3. The highest BCUT2D eigenvalue weighted by Crippen LogP contribution is 2.48. The Morgan fingerprint density at radius 1 is 0.268 bits per heavy atom. The van der Waals surface area contributed by atoms with Gasteiger partial charge in [0.2, 0.25) is 0 Å². The zero-order chi connectivity index (χ0) is 65.0. The van der Waals surface area contributed by atoms with Crippen LogP contribution in [0.15, 0.2) is 344 Å². The SMILES string of the molecule is Brc1ccc(C2(c3ccccc3)CCCCC2)cc1.c1ccc(-n2c3ccccc3c3cc(N(c4ccc(C5(c6ccccc6)CCCCC5)cc4)c4ccc5ccccc5c4)ccc32)cc1.c1ccc(-n2c3ccccc3c3cc(Nc4ccc5ccccc5c4)ccc32)cc1. The molecule has 0 radical (unpaired) electrons. The van der Waals surface area contributed by atoms with Crippen LogP contribution >= 0.6 is 15.9 Å². The highest BCUT2D eigenvalue weighted by atomic mass is 79.9. The lowest BCUT2D eigenvalue weighted by atomic mass is 9.65. The van der Waals surface area contributed by atoms with Crippen molar-refractivity contribution in [1.82, 2.24) is 9.13 Å². The molecule has 0 amide bonds. The maximum atomic E-state index is 3.59. The van der Waals surface area contributed by atoms with E-state index in [4.69, 9.17) is 0 Å². The molecule has 2 fully saturated rings. The van der Waals surface area contributed by atoms with Crippen molar-refractivity contribution < 1.29 is 0 Å². The molecule has 16 aromatic rings. The molecule has 2 saturated carbocycles. The molecule has 4 nitrogen and oxygen atoms in total. The fourth-order valence-corrected chi connectivity index (χ4v) is 16.3. The zero-order valence-corrected chi connectivity index (χ0v) is 56.2. The smallest absolute Gasteiger partial charge is 0.0542 e. The predicted octanol–water partition coefficient (Wildman–Crippen LogP) is 26.0. The Kier molecular flexibility index (Phi) is 17.1. The second-order valence-electron chi connectivity index (χ2n) is 26.4. The summed E-state index contributed by atoms with van der Waals surface area (Å²) < 4.78 is 5.89. The number of hydrogen-bond acceptors (Lipinski definition) is 2. The molecule has 0 aliphatic heterocycles.